The zero-order valence-corrected chi connectivity index (χ0v) is 29.7. The van der Waals surface area contributed by atoms with E-state index in [2.05, 4.69) is 121 Å². The standard InChI is InChI=1S/C40H40S5/c1-2-32-4-3-31(1)21-41-23-33-5-7-35(8-6-33)25-43-27-37-13-15-39(16-14-37)29-45-30-40-19-17-38(18-20-40)28-44-26-36-11-9-34(10-12-36)24-42-22-32/h1-20H,21-30H2. The molecule has 45 heavy (non-hydrogen) atoms. The highest BCUT2D eigenvalue weighted by Crippen LogP contribution is 2.26. The predicted molar refractivity (Wildman–Crippen MR) is 207 cm³/mol. The molecular weight excluding hydrogens is 641 g/mol. The van der Waals surface area contributed by atoms with Gasteiger partial charge < -0.3 is 0 Å². The molecule has 15 rings (SSSR count). The van der Waals surface area contributed by atoms with Crippen molar-refractivity contribution < 1.29 is 0 Å². The maximum atomic E-state index is 2.31. The van der Waals surface area contributed by atoms with Crippen LogP contribution in [0.5, 0.6) is 0 Å². The molecule has 10 aliphatic heterocycles. The van der Waals surface area contributed by atoms with E-state index in [1.807, 2.05) is 58.8 Å². The summed E-state index contributed by atoms with van der Waals surface area (Å²) in [4.78, 5) is 0. The summed E-state index contributed by atoms with van der Waals surface area (Å²) in [6, 6.07) is 46.2. The Kier molecular flexibility index (Phi) is 12.9. The summed E-state index contributed by atoms with van der Waals surface area (Å²) in [6.45, 7) is 0. The Morgan fingerprint density at radius 3 is 0.356 bits per heavy atom. The average Bonchev–Trinajstić information content (AvgIpc) is 3.08. The zero-order chi connectivity index (χ0) is 30.5. The first-order valence-corrected chi connectivity index (χ1v) is 21.3. The normalized spacial score (nSPS) is 15.6. The van der Waals surface area contributed by atoms with Crippen molar-refractivity contribution in [2.75, 3.05) is 0 Å². The second-order valence-corrected chi connectivity index (χ2v) is 16.5. The van der Waals surface area contributed by atoms with Crippen molar-refractivity contribution in [1.82, 2.24) is 0 Å². The molecular formula is C40H40S5. The van der Waals surface area contributed by atoms with Gasteiger partial charge in [-0.1, -0.05) is 121 Å². The van der Waals surface area contributed by atoms with Crippen LogP contribution in [-0.2, 0) is 57.5 Å². The van der Waals surface area contributed by atoms with Crippen LogP contribution in [0.1, 0.15) is 55.6 Å². The maximum Gasteiger partial charge on any atom is 0.0187 e. The molecule has 0 aromatic heterocycles. The van der Waals surface area contributed by atoms with E-state index in [4.69, 9.17) is 0 Å². The van der Waals surface area contributed by atoms with Gasteiger partial charge in [-0.05, 0) is 55.6 Å². The van der Waals surface area contributed by atoms with Crippen molar-refractivity contribution >= 4 is 58.8 Å². The van der Waals surface area contributed by atoms with Gasteiger partial charge in [0.2, 0.25) is 0 Å². The lowest BCUT2D eigenvalue weighted by atomic mass is 10.2. The molecule has 0 unspecified atom stereocenters. The largest absolute Gasteiger partial charge is 0.152 e. The zero-order valence-electron chi connectivity index (χ0n) is 25.7. The summed E-state index contributed by atoms with van der Waals surface area (Å²) >= 11 is 10.0. The summed E-state index contributed by atoms with van der Waals surface area (Å²) in [5.41, 5.74) is 14.1. The van der Waals surface area contributed by atoms with Gasteiger partial charge in [0.15, 0.2) is 0 Å². The van der Waals surface area contributed by atoms with E-state index in [1.54, 1.807) is 0 Å². The topological polar surface area (TPSA) is 0 Å². The first-order chi connectivity index (χ1) is 22.2. The molecule has 0 spiro atoms. The summed E-state index contributed by atoms with van der Waals surface area (Å²) in [6.07, 6.45) is 0. The van der Waals surface area contributed by atoms with Crippen LogP contribution in [0.15, 0.2) is 121 Å². The van der Waals surface area contributed by atoms with E-state index in [0.717, 1.165) is 57.5 Å². The third kappa shape index (κ3) is 11.0. The molecule has 0 aliphatic carbocycles. The van der Waals surface area contributed by atoms with Crippen molar-refractivity contribution in [3.05, 3.63) is 177 Å². The molecule has 0 saturated carbocycles. The van der Waals surface area contributed by atoms with Crippen LogP contribution in [0, 0.1) is 0 Å². The summed E-state index contributed by atoms with van der Waals surface area (Å²) in [5, 5.41) is 0. The van der Waals surface area contributed by atoms with Crippen molar-refractivity contribution in [2.45, 2.75) is 57.5 Å². The third-order valence-electron chi connectivity index (χ3n) is 7.80. The molecule has 0 N–H and O–H groups in total. The summed E-state index contributed by atoms with van der Waals surface area (Å²) < 4.78 is 0. The smallest absolute Gasteiger partial charge is 0.0187 e. The minimum atomic E-state index is 1.05. The fourth-order valence-electron chi connectivity index (χ4n) is 5.09. The van der Waals surface area contributed by atoms with Gasteiger partial charge in [-0.3, -0.25) is 0 Å². The molecule has 0 atom stereocenters. The molecule has 5 aromatic carbocycles. The molecule has 10 heterocycles. The van der Waals surface area contributed by atoms with Crippen molar-refractivity contribution in [3.63, 3.8) is 0 Å². The molecule has 10 bridgehead atoms. The van der Waals surface area contributed by atoms with Crippen LogP contribution < -0.4 is 0 Å². The van der Waals surface area contributed by atoms with Gasteiger partial charge in [0.1, 0.15) is 0 Å². The molecule has 0 nitrogen and oxygen atoms in total. The maximum absolute atomic E-state index is 2.31. The number of hydrogen-bond acceptors (Lipinski definition) is 5. The van der Waals surface area contributed by atoms with E-state index in [-0.39, 0.29) is 0 Å². The minimum absolute atomic E-state index is 1.05. The van der Waals surface area contributed by atoms with Gasteiger partial charge in [-0.25, -0.2) is 0 Å². The van der Waals surface area contributed by atoms with Gasteiger partial charge >= 0.3 is 0 Å². The van der Waals surface area contributed by atoms with Gasteiger partial charge in [0.05, 0.1) is 0 Å². The Hall–Kier alpha value is -2.15. The lowest BCUT2D eigenvalue weighted by Crippen LogP contribution is -1.88. The number of benzene rings is 5. The van der Waals surface area contributed by atoms with Crippen molar-refractivity contribution in [3.8, 4) is 0 Å². The fraction of sp³-hybridized carbons (Fsp3) is 0.250. The number of thioether (sulfide) groups is 5. The van der Waals surface area contributed by atoms with E-state index in [0.29, 0.717) is 0 Å². The monoisotopic (exact) mass is 680 g/mol. The van der Waals surface area contributed by atoms with Crippen LogP contribution in [0.3, 0.4) is 0 Å². The molecule has 0 radical (unpaired) electrons. The van der Waals surface area contributed by atoms with E-state index < -0.39 is 0 Å². The Balaban J connectivity index is 1.06. The highest BCUT2D eigenvalue weighted by molar-refractivity contribution is 7.98. The molecule has 230 valence electrons. The van der Waals surface area contributed by atoms with Crippen LogP contribution >= 0.6 is 58.8 Å². The lowest BCUT2D eigenvalue weighted by molar-refractivity contribution is 1.30. The summed E-state index contributed by atoms with van der Waals surface area (Å²) in [5.74, 6) is 10.5. The van der Waals surface area contributed by atoms with Crippen LogP contribution in [0.25, 0.3) is 0 Å². The molecule has 5 aromatic rings. The Labute approximate surface area is 291 Å². The second-order valence-electron chi connectivity index (χ2n) is 11.5. The molecule has 0 fully saturated rings. The van der Waals surface area contributed by atoms with Crippen molar-refractivity contribution in [2.24, 2.45) is 0 Å². The predicted octanol–water partition coefficient (Wildman–Crippen LogP) is 12.2. The third-order valence-corrected chi connectivity index (χ3v) is 13.2. The first kappa shape index (κ1) is 32.8. The number of hydrogen-bond donors (Lipinski definition) is 0. The second kappa shape index (κ2) is 17.7. The highest BCUT2D eigenvalue weighted by atomic mass is 32.2. The quantitative estimate of drug-likeness (QED) is 0.159. The summed E-state index contributed by atoms with van der Waals surface area (Å²) in [7, 11) is 0. The number of rotatable bonds is 0. The van der Waals surface area contributed by atoms with E-state index >= 15 is 0 Å². The fourth-order valence-corrected chi connectivity index (χ4v) is 9.88. The highest BCUT2D eigenvalue weighted by Gasteiger charge is 2.04. The van der Waals surface area contributed by atoms with Crippen molar-refractivity contribution in [1.29, 1.82) is 0 Å². The minimum Gasteiger partial charge on any atom is -0.152 e. The molecule has 10 aliphatic rings. The Morgan fingerprint density at radius 1 is 0.178 bits per heavy atom. The lowest BCUT2D eigenvalue weighted by Gasteiger charge is -2.07. The molecule has 0 amide bonds. The van der Waals surface area contributed by atoms with Gasteiger partial charge in [-0.2, -0.15) is 58.8 Å². The van der Waals surface area contributed by atoms with Crippen LogP contribution in [0.2, 0.25) is 0 Å². The molecule has 5 heteroatoms. The average molecular weight is 681 g/mol. The van der Waals surface area contributed by atoms with Gasteiger partial charge in [0.25, 0.3) is 0 Å². The first-order valence-electron chi connectivity index (χ1n) is 15.5. The van der Waals surface area contributed by atoms with Gasteiger partial charge in [0, 0.05) is 57.5 Å². The Morgan fingerprint density at radius 2 is 0.267 bits per heavy atom. The van der Waals surface area contributed by atoms with E-state index in [1.165, 1.54) is 55.6 Å². The molecule has 0 saturated heterocycles. The van der Waals surface area contributed by atoms with E-state index in [9.17, 15) is 0 Å². The Bertz CT molecular complexity index is 1170. The van der Waals surface area contributed by atoms with Crippen LogP contribution in [-0.4, -0.2) is 0 Å². The SMILES string of the molecule is c1cc2ccc1CSCc1ccc(cc1)CSCc1ccc(cc1)CSCc1ccc(cc1)CSCc1ccc(cc1)CSC2. The van der Waals surface area contributed by atoms with Crippen LogP contribution in [0.4, 0.5) is 0 Å². The van der Waals surface area contributed by atoms with Gasteiger partial charge in [-0.15, -0.1) is 0 Å².